The van der Waals surface area contributed by atoms with Gasteiger partial charge in [-0.2, -0.15) is 0 Å². The molecule has 4 nitrogen and oxygen atoms in total. The van der Waals surface area contributed by atoms with Gasteiger partial charge >= 0.3 is 5.97 Å². The molecule has 1 heterocycles. The molecular formula is C16H21NO3. The Balaban J connectivity index is 1.87. The fourth-order valence-electron chi connectivity index (χ4n) is 2.27. The molecule has 1 aromatic rings. The van der Waals surface area contributed by atoms with Crippen LogP contribution in [0.5, 0.6) is 5.88 Å². The van der Waals surface area contributed by atoms with Gasteiger partial charge in [0.1, 0.15) is 6.10 Å². The number of hydrogen-bond donors (Lipinski definition) is 0. The first-order valence-electron chi connectivity index (χ1n) is 7.25. The van der Waals surface area contributed by atoms with Crippen LogP contribution in [0.2, 0.25) is 0 Å². The maximum atomic E-state index is 11.2. The average Bonchev–Trinajstić information content (AvgIpc) is 2.48. The largest absolute Gasteiger partial charge is 0.474 e. The first kappa shape index (κ1) is 14.6. The van der Waals surface area contributed by atoms with Gasteiger partial charge in [0.05, 0.1) is 6.61 Å². The number of hydrogen-bond acceptors (Lipinski definition) is 4. The van der Waals surface area contributed by atoms with Gasteiger partial charge < -0.3 is 9.47 Å². The van der Waals surface area contributed by atoms with Crippen molar-refractivity contribution in [3.05, 3.63) is 30.0 Å². The van der Waals surface area contributed by atoms with Gasteiger partial charge in [-0.25, -0.2) is 9.78 Å². The number of carbonyl (C=O) groups is 1. The summed E-state index contributed by atoms with van der Waals surface area (Å²) >= 11 is 0. The summed E-state index contributed by atoms with van der Waals surface area (Å²) in [5.74, 6) is 0.320. The summed E-state index contributed by atoms with van der Waals surface area (Å²) in [4.78, 5) is 15.5. The van der Waals surface area contributed by atoms with E-state index in [1.807, 2.05) is 12.1 Å². The van der Waals surface area contributed by atoms with E-state index in [0.29, 0.717) is 18.6 Å². The smallest absolute Gasteiger partial charge is 0.330 e. The number of ether oxygens (including phenoxy) is 2. The summed E-state index contributed by atoms with van der Waals surface area (Å²) < 4.78 is 10.7. The Morgan fingerprint density at radius 3 is 2.80 bits per heavy atom. The topological polar surface area (TPSA) is 48.4 Å². The molecule has 0 amide bonds. The van der Waals surface area contributed by atoms with Gasteiger partial charge in [0, 0.05) is 18.3 Å². The highest BCUT2D eigenvalue weighted by Crippen LogP contribution is 2.22. The summed E-state index contributed by atoms with van der Waals surface area (Å²) in [6.07, 6.45) is 11.1. The van der Waals surface area contributed by atoms with Crippen molar-refractivity contribution in [1.82, 2.24) is 4.98 Å². The molecule has 0 aliphatic heterocycles. The Hall–Kier alpha value is -1.84. The Morgan fingerprint density at radius 2 is 2.15 bits per heavy atom. The molecule has 0 radical (unpaired) electrons. The zero-order valence-corrected chi connectivity index (χ0v) is 11.9. The van der Waals surface area contributed by atoms with E-state index in [1.165, 1.54) is 25.3 Å². The monoisotopic (exact) mass is 275 g/mol. The normalized spacial score (nSPS) is 16.2. The van der Waals surface area contributed by atoms with E-state index in [4.69, 9.17) is 9.47 Å². The second-order valence-electron chi connectivity index (χ2n) is 4.89. The van der Waals surface area contributed by atoms with Gasteiger partial charge in [0.15, 0.2) is 0 Å². The van der Waals surface area contributed by atoms with Crippen LogP contribution in [0.25, 0.3) is 6.08 Å². The van der Waals surface area contributed by atoms with Crippen molar-refractivity contribution in [3.63, 3.8) is 0 Å². The van der Waals surface area contributed by atoms with Crippen molar-refractivity contribution in [2.45, 2.75) is 45.1 Å². The fourth-order valence-corrected chi connectivity index (χ4v) is 2.27. The predicted molar refractivity (Wildman–Crippen MR) is 77.4 cm³/mol. The summed E-state index contributed by atoms with van der Waals surface area (Å²) in [6, 6.07) is 3.74. The third-order valence-corrected chi connectivity index (χ3v) is 3.30. The summed E-state index contributed by atoms with van der Waals surface area (Å²) in [6.45, 7) is 2.17. The molecular weight excluding hydrogens is 254 g/mol. The van der Waals surface area contributed by atoms with Gasteiger partial charge in [-0.05, 0) is 50.3 Å². The lowest BCUT2D eigenvalue weighted by Crippen LogP contribution is -2.20. The number of carbonyl (C=O) groups excluding carboxylic acids is 1. The number of rotatable bonds is 5. The molecule has 1 saturated carbocycles. The number of nitrogens with zero attached hydrogens (tertiary/aromatic N) is 1. The molecule has 1 aliphatic carbocycles. The Labute approximate surface area is 119 Å². The van der Waals surface area contributed by atoms with E-state index >= 15 is 0 Å². The van der Waals surface area contributed by atoms with Crippen molar-refractivity contribution >= 4 is 12.0 Å². The van der Waals surface area contributed by atoms with Crippen LogP contribution in [0, 0.1) is 0 Å². The lowest BCUT2D eigenvalue weighted by molar-refractivity contribution is -0.137. The molecule has 0 spiro atoms. The van der Waals surface area contributed by atoms with Crippen LogP contribution in [0.15, 0.2) is 24.4 Å². The van der Waals surface area contributed by atoms with E-state index in [0.717, 1.165) is 18.4 Å². The molecule has 0 unspecified atom stereocenters. The Morgan fingerprint density at radius 1 is 1.35 bits per heavy atom. The van der Waals surface area contributed by atoms with Crippen molar-refractivity contribution in [1.29, 1.82) is 0 Å². The third kappa shape index (κ3) is 4.68. The maximum Gasteiger partial charge on any atom is 0.330 e. The van der Waals surface area contributed by atoms with Crippen LogP contribution in [0.1, 0.15) is 44.6 Å². The van der Waals surface area contributed by atoms with E-state index in [9.17, 15) is 4.79 Å². The highest BCUT2D eigenvalue weighted by Gasteiger charge is 2.14. The van der Waals surface area contributed by atoms with Gasteiger partial charge in [-0.3, -0.25) is 0 Å². The van der Waals surface area contributed by atoms with Gasteiger partial charge in [-0.1, -0.05) is 6.42 Å². The summed E-state index contributed by atoms with van der Waals surface area (Å²) in [7, 11) is 0. The molecule has 0 atom stereocenters. The lowest BCUT2D eigenvalue weighted by atomic mass is 9.98. The van der Waals surface area contributed by atoms with E-state index in [1.54, 1.807) is 19.2 Å². The van der Waals surface area contributed by atoms with Crippen LogP contribution in [0.4, 0.5) is 0 Å². The highest BCUT2D eigenvalue weighted by molar-refractivity contribution is 5.86. The van der Waals surface area contributed by atoms with Crippen LogP contribution in [0.3, 0.4) is 0 Å². The molecule has 1 aliphatic rings. The quantitative estimate of drug-likeness (QED) is 0.610. The van der Waals surface area contributed by atoms with Gasteiger partial charge in [-0.15, -0.1) is 0 Å². The molecule has 108 valence electrons. The van der Waals surface area contributed by atoms with Crippen molar-refractivity contribution in [2.75, 3.05) is 6.61 Å². The summed E-state index contributed by atoms with van der Waals surface area (Å²) in [5, 5.41) is 0. The number of pyridine rings is 1. The molecule has 0 saturated heterocycles. The summed E-state index contributed by atoms with van der Waals surface area (Å²) in [5.41, 5.74) is 0.856. The molecule has 0 aromatic carbocycles. The highest BCUT2D eigenvalue weighted by atomic mass is 16.5. The zero-order chi connectivity index (χ0) is 14.2. The molecule has 0 bridgehead atoms. The third-order valence-electron chi connectivity index (χ3n) is 3.30. The minimum Gasteiger partial charge on any atom is -0.474 e. The number of aromatic nitrogens is 1. The van der Waals surface area contributed by atoms with Crippen LogP contribution >= 0.6 is 0 Å². The van der Waals surface area contributed by atoms with Crippen LogP contribution in [-0.2, 0) is 9.53 Å². The van der Waals surface area contributed by atoms with Crippen molar-refractivity contribution < 1.29 is 14.3 Å². The maximum absolute atomic E-state index is 11.2. The van der Waals surface area contributed by atoms with Crippen LogP contribution in [-0.4, -0.2) is 23.7 Å². The predicted octanol–water partition coefficient (Wildman–Crippen LogP) is 3.37. The minimum absolute atomic E-state index is 0.303. The minimum atomic E-state index is -0.338. The average molecular weight is 275 g/mol. The fraction of sp³-hybridized carbons (Fsp3) is 0.500. The first-order chi connectivity index (χ1) is 9.78. The second kappa shape index (κ2) is 7.68. The van der Waals surface area contributed by atoms with Crippen LogP contribution < -0.4 is 4.74 Å². The number of esters is 1. The lowest BCUT2D eigenvalue weighted by Gasteiger charge is -2.22. The zero-order valence-electron chi connectivity index (χ0n) is 11.9. The second-order valence-corrected chi connectivity index (χ2v) is 4.89. The Bertz CT molecular complexity index is 447. The van der Waals surface area contributed by atoms with Gasteiger partial charge in [0.2, 0.25) is 5.88 Å². The first-order valence-corrected chi connectivity index (χ1v) is 7.25. The molecule has 0 N–H and O–H groups in total. The molecule has 1 aromatic heterocycles. The van der Waals surface area contributed by atoms with E-state index < -0.39 is 0 Å². The van der Waals surface area contributed by atoms with Crippen molar-refractivity contribution in [3.8, 4) is 5.88 Å². The van der Waals surface area contributed by atoms with E-state index in [-0.39, 0.29) is 5.97 Å². The molecule has 4 heteroatoms. The SMILES string of the molecule is CCOC(=O)C=Cc1ccc(OC2CCCCC2)nc1. The molecule has 20 heavy (non-hydrogen) atoms. The van der Waals surface area contributed by atoms with Gasteiger partial charge in [0.25, 0.3) is 0 Å². The molecule has 1 fully saturated rings. The standard InChI is InChI=1S/C16H21NO3/c1-2-19-16(18)11-9-13-8-10-15(17-12-13)20-14-6-4-3-5-7-14/h8-12,14H,2-7H2,1H3. The van der Waals surface area contributed by atoms with E-state index in [2.05, 4.69) is 4.98 Å². The van der Waals surface area contributed by atoms with Crippen molar-refractivity contribution in [2.24, 2.45) is 0 Å². The molecule has 2 rings (SSSR count). The Kier molecular flexibility index (Phi) is 5.59.